The molecule has 0 aromatic heterocycles. The number of aliphatic hydroxyl groups is 1. The van der Waals surface area contributed by atoms with Crippen LogP contribution in [-0.4, -0.2) is 24.3 Å². The monoisotopic (exact) mass is 210 g/mol. The Morgan fingerprint density at radius 3 is 2.53 bits per heavy atom. The minimum absolute atomic E-state index is 0.0700. The summed E-state index contributed by atoms with van der Waals surface area (Å²) in [5.74, 6) is -0.279. The van der Waals surface area contributed by atoms with Crippen molar-refractivity contribution >= 4 is 5.97 Å². The van der Waals surface area contributed by atoms with E-state index >= 15 is 0 Å². The fraction of sp³-hybridized carbons (Fsp3) is 0.417. The molecule has 15 heavy (non-hydrogen) atoms. The highest BCUT2D eigenvalue weighted by atomic mass is 16.5. The molecule has 0 aliphatic heterocycles. The van der Waals surface area contributed by atoms with Gasteiger partial charge in [-0.05, 0) is 25.5 Å². The number of allylic oxidation sites excluding steroid dienone is 4. The zero-order valence-electron chi connectivity index (χ0n) is 9.49. The number of rotatable bonds is 5. The van der Waals surface area contributed by atoms with E-state index in [1.54, 1.807) is 0 Å². The van der Waals surface area contributed by atoms with Crippen LogP contribution in [0.25, 0.3) is 0 Å². The van der Waals surface area contributed by atoms with E-state index in [9.17, 15) is 4.79 Å². The molecule has 3 nitrogen and oxygen atoms in total. The van der Waals surface area contributed by atoms with Gasteiger partial charge in [0, 0.05) is 6.92 Å². The summed E-state index contributed by atoms with van der Waals surface area (Å²) in [7, 11) is 0. The number of hydrogen-bond acceptors (Lipinski definition) is 3. The van der Waals surface area contributed by atoms with Crippen LogP contribution in [0.2, 0.25) is 0 Å². The number of aliphatic hydroxyl groups excluding tert-OH is 1. The number of carbonyl (C=O) groups excluding carboxylic acids is 1. The van der Waals surface area contributed by atoms with Crippen LogP contribution in [0.5, 0.6) is 0 Å². The predicted molar refractivity (Wildman–Crippen MR) is 60.4 cm³/mol. The highest BCUT2D eigenvalue weighted by molar-refractivity contribution is 5.66. The molecule has 0 bridgehead atoms. The van der Waals surface area contributed by atoms with Crippen LogP contribution in [0.15, 0.2) is 35.5 Å². The van der Waals surface area contributed by atoms with E-state index in [2.05, 4.69) is 0 Å². The lowest BCUT2D eigenvalue weighted by molar-refractivity contribution is -0.139. The second kappa shape index (κ2) is 8.00. The van der Waals surface area contributed by atoms with Crippen molar-refractivity contribution in [3.05, 3.63) is 35.5 Å². The van der Waals surface area contributed by atoms with Gasteiger partial charge in [0.1, 0.15) is 6.61 Å². The number of esters is 1. The zero-order valence-corrected chi connectivity index (χ0v) is 9.49. The Labute approximate surface area is 90.8 Å². The van der Waals surface area contributed by atoms with E-state index in [-0.39, 0.29) is 12.6 Å². The molecule has 0 heterocycles. The third-order valence-electron chi connectivity index (χ3n) is 1.68. The average molecular weight is 210 g/mol. The first kappa shape index (κ1) is 13.7. The minimum atomic E-state index is -0.279. The summed E-state index contributed by atoms with van der Waals surface area (Å²) in [6, 6.07) is 0. The molecule has 0 aliphatic rings. The third-order valence-corrected chi connectivity index (χ3v) is 1.68. The quantitative estimate of drug-likeness (QED) is 0.557. The van der Waals surface area contributed by atoms with Crippen LogP contribution in [0.4, 0.5) is 0 Å². The third kappa shape index (κ3) is 8.97. The van der Waals surface area contributed by atoms with E-state index in [0.29, 0.717) is 6.61 Å². The molecule has 3 heteroatoms. The van der Waals surface area contributed by atoms with Gasteiger partial charge in [-0.15, -0.1) is 0 Å². The van der Waals surface area contributed by atoms with Crippen LogP contribution in [0, 0.1) is 0 Å². The smallest absolute Gasteiger partial charge is 0.302 e. The average Bonchev–Trinajstić information content (AvgIpc) is 2.17. The van der Waals surface area contributed by atoms with Gasteiger partial charge in [-0.1, -0.05) is 23.8 Å². The molecule has 0 amide bonds. The lowest BCUT2D eigenvalue weighted by Gasteiger charge is -1.96. The molecule has 0 fully saturated rings. The molecule has 0 saturated carbocycles. The maximum Gasteiger partial charge on any atom is 0.302 e. The van der Waals surface area contributed by atoms with Gasteiger partial charge in [-0.2, -0.15) is 0 Å². The number of carbonyl (C=O) groups is 1. The summed E-state index contributed by atoms with van der Waals surface area (Å²) in [6.45, 7) is 5.52. The van der Waals surface area contributed by atoms with Crippen LogP contribution in [0.1, 0.15) is 20.8 Å². The van der Waals surface area contributed by atoms with Gasteiger partial charge in [0.05, 0.1) is 6.61 Å². The highest BCUT2D eigenvalue weighted by Gasteiger charge is 1.88. The Balaban J connectivity index is 4.01. The zero-order chi connectivity index (χ0) is 11.7. The Hall–Kier alpha value is -1.35. The van der Waals surface area contributed by atoms with Gasteiger partial charge >= 0.3 is 5.97 Å². The fourth-order valence-corrected chi connectivity index (χ4v) is 0.775. The normalized spacial score (nSPS) is 13.3. The molecule has 0 saturated heterocycles. The first-order valence-electron chi connectivity index (χ1n) is 4.81. The molecular formula is C12H18O3. The van der Waals surface area contributed by atoms with E-state index < -0.39 is 0 Å². The van der Waals surface area contributed by atoms with Gasteiger partial charge in [-0.3, -0.25) is 4.79 Å². The maximum absolute atomic E-state index is 10.5. The second-order valence-electron chi connectivity index (χ2n) is 3.28. The Bertz CT molecular complexity index is 285. The molecule has 1 N–H and O–H groups in total. The molecule has 0 aromatic rings. The van der Waals surface area contributed by atoms with Crippen molar-refractivity contribution in [1.29, 1.82) is 0 Å². The van der Waals surface area contributed by atoms with E-state index in [4.69, 9.17) is 9.84 Å². The Kier molecular flexibility index (Phi) is 7.28. The summed E-state index contributed by atoms with van der Waals surface area (Å²) < 4.78 is 4.76. The molecule has 0 unspecified atom stereocenters. The van der Waals surface area contributed by atoms with Crippen LogP contribution in [0.3, 0.4) is 0 Å². The second-order valence-corrected chi connectivity index (χ2v) is 3.28. The molecule has 0 aliphatic carbocycles. The van der Waals surface area contributed by atoms with Gasteiger partial charge < -0.3 is 9.84 Å². The van der Waals surface area contributed by atoms with Gasteiger partial charge in [0.25, 0.3) is 0 Å². The molecular weight excluding hydrogens is 192 g/mol. The van der Waals surface area contributed by atoms with Crippen molar-refractivity contribution < 1.29 is 14.6 Å². The summed E-state index contributed by atoms with van der Waals surface area (Å²) in [5, 5.41) is 8.73. The lowest BCUT2D eigenvalue weighted by atomic mass is 10.2. The standard InChI is InChI=1S/C12H18O3/c1-10(7-8-15-12(3)14)5-4-6-11(2)9-13/h4-7,13H,8-9H2,1-3H3. The SMILES string of the molecule is CC(=O)OCC=C(C)C=CC=C(C)CO. The van der Waals surface area contributed by atoms with Crippen molar-refractivity contribution in [2.24, 2.45) is 0 Å². The van der Waals surface area contributed by atoms with Crippen molar-refractivity contribution in [2.45, 2.75) is 20.8 Å². The largest absolute Gasteiger partial charge is 0.462 e. The molecule has 0 aromatic carbocycles. The summed E-state index contributed by atoms with van der Waals surface area (Å²) in [6.07, 6.45) is 7.40. The van der Waals surface area contributed by atoms with Crippen LogP contribution >= 0.6 is 0 Å². The minimum Gasteiger partial charge on any atom is -0.462 e. The first-order chi connectivity index (χ1) is 7.06. The topological polar surface area (TPSA) is 46.5 Å². The molecule has 0 radical (unpaired) electrons. The van der Waals surface area contributed by atoms with E-state index in [0.717, 1.165) is 11.1 Å². The van der Waals surface area contributed by atoms with Crippen LogP contribution in [-0.2, 0) is 9.53 Å². The molecule has 0 atom stereocenters. The molecule has 84 valence electrons. The van der Waals surface area contributed by atoms with Gasteiger partial charge in [0.15, 0.2) is 0 Å². The Morgan fingerprint density at radius 1 is 1.33 bits per heavy atom. The van der Waals surface area contributed by atoms with Crippen molar-refractivity contribution in [3.63, 3.8) is 0 Å². The highest BCUT2D eigenvalue weighted by Crippen LogP contribution is 1.97. The molecule has 0 rings (SSSR count). The van der Waals surface area contributed by atoms with E-state index in [1.165, 1.54) is 6.92 Å². The van der Waals surface area contributed by atoms with Gasteiger partial charge in [-0.25, -0.2) is 0 Å². The summed E-state index contributed by atoms with van der Waals surface area (Å²) in [4.78, 5) is 10.5. The van der Waals surface area contributed by atoms with Crippen molar-refractivity contribution in [2.75, 3.05) is 13.2 Å². The first-order valence-corrected chi connectivity index (χ1v) is 4.81. The van der Waals surface area contributed by atoms with E-state index in [1.807, 2.05) is 38.2 Å². The Morgan fingerprint density at radius 2 is 2.00 bits per heavy atom. The number of ether oxygens (including phenoxy) is 1. The fourth-order valence-electron chi connectivity index (χ4n) is 0.775. The van der Waals surface area contributed by atoms with Gasteiger partial charge in [0.2, 0.25) is 0 Å². The lowest BCUT2D eigenvalue weighted by Crippen LogP contribution is -1.97. The van der Waals surface area contributed by atoms with Crippen molar-refractivity contribution in [1.82, 2.24) is 0 Å². The van der Waals surface area contributed by atoms with Crippen molar-refractivity contribution in [3.8, 4) is 0 Å². The number of hydrogen-bond donors (Lipinski definition) is 1. The maximum atomic E-state index is 10.5. The van der Waals surface area contributed by atoms with Crippen LogP contribution < -0.4 is 0 Å². The molecule has 0 spiro atoms. The predicted octanol–water partition coefficient (Wildman–Crippen LogP) is 1.99. The summed E-state index contributed by atoms with van der Waals surface area (Å²) >= 11 is 0. The summed E-state index contributed by atoms with van der Waals surface area (Å²) in [5.41, 5.74) is 1.91.